The number of fused-ring (bicyclic) bond motifs is 1. The van der Waals surface area contributed by atoms with Gasteiger partial charge >= 0.3 is 0 Å². The molecule has 0 aliphatic heterocycles. The first-order valence-electron chi connectivity index (χ1n) is 6.79. The van der Waals surface area contributed by atoms with Crippen LogP contribution in [0.1, 0.15) is 19.3 Å². The summed E-state index contributed by atoms with van der Waals surface area (Å²) in [6.45, 7) is 0. The molecule has 0 radical (unpaired) electrons. The maximum Gasteiger partial charge on any atom is 0.238 e. The smallest absolute Gasteiger partial charge is 0.238 e. The minimum Gasteiger partial charge on any atom is -0.409 e. The molecule has 1 heterocycles. The number of hydrogen-bond donors (Lipinski definition) is 3. The molecule has 0 saturated heterocycles. The van der Waals surface area contributed by atoms with Crippen molar-refractivity contribution in [2.24, 2.45) is 16.3 Å². The molecule has 6 heteroatoms. The number of amidine groups is 1. The largest absolute Gasteiger partial charge is 0.409 e. The maximum absolute atomic E-state index is 12.6. The van der Waals surface area contributed by atoms with Crippen LogP contribution in [-0.4, -0.2) is 21.9 Å². The van der Waals surface area contributed by atoms with E-state index in [1.165, 1.54) is 0 Å². The van der Waals surface area contributed by atoms with Crippen LogP contribution in [0.5, 0.6) is 0 Å². The minimum atomic E-state index is -0.890. The Bertz CT molecular complexity index is 717. The number of benzene rings is 1. The molecule has 1 aliphatic rings. The Hall–Kier alpha value is -2.63. The van der Waals surface area contributed by atoms with Crippen LogP contribution in [0.25, 0.3) is 10.8 Å². The van der Waals surface area contributed by atoms with Gasteiger partial charge in [-0.25, -0.2) is 0 Å². The predicted molar refractivity (Wildman–Crippen MR) is 80.1 cm³/mol. The third-order valence-electron chi connectivity index (χ3n) is 4.17. The topological polar surface area (TPSA) is 101 Å². The van der Waals surface area contributed by atoms with E-state index in [-0.39, 0.29) is 11.7 Å². The van der Waals surface area contributed by atoms with E-state index in [9.17, 15) is 4.79 Å². The van der Waals surface area contributed by atoms with Gasteiger partial charge in [-0.2, -0.15) is 0 Å². The molecule has 0 bridgehead atoms. The monoisotopic (exact) mass is 284 g/mol. The second-order valence-electron chi connectivity index (χ2n) is 5.28. The molecule has 6 nitrogen and oxygen atoms in total. The van der Waals surface area contributed by atoms with Crippen LogP contribution in [0, 0.1) is 5.41 Å². The Morgan fingerprint density at radius 1 is 1.38 bits per heavy atom. The zero-order chi connectivity index (χ0) is 14.9. The predicted octanol–water partition coefficient (Wildman–Crippen LogP) is 2.09. The lowest BCUT2D eigenvalue weighted by atomic mass is 9.67. The Morgan fingerprint density at radius 3 is 2.86 bits per heavy atom. The number of anilines is 1. The third kappa shape index (κ3) is 2.08. The first-order valence-corrected chi connectivity index (χ1v) is 6.79. The molecule has 108 valence electrons. The van der Waals surface area contributed by atoms with E-state index in [1.54, 1.807) is 12.4 Å². The van der Waals surface area contributed by atoms with Crippen LogP contribution in [-0.2, 0) is 4.79 Å². The van der Waals surface area contributed by atoms with E-state index < -0.39 is 5.41 Å². The van der Waals surface area contributed by atoms with Crippen molar-refractivity contribution in [1.29, 1.82) is 0 Å². The maximum atomic E-state index is 12.6. The summed E-state index contributed by atoms with van der Waals surface area (Å²) in [5.41, 5.74) is 5.50. The van der Waals surface area contributed by atoms with E-state index in [2.05, 4.69) is 15.5 Å². The van der Waals surface area contributed by atoms with Gasteiger partial charge in [0.25, 0.3) is 0 Å². The second-order valence-corrected chi connectivity index (χ2v) is 5.28. The van der Waals surface area contributed by atoms with E-state index in [0.29, 0.717) is 18.5 Å². The molecule has 4 N–H and O–H groups in total. The standard InChI is InChI=1S/C15H16N4O2/c16-13(19-21)15(6-2-7-15)14(20)18-12-4-1-3-10-5-8-17-9-11(10)12/h1,3-5,8-9,21H,2,6-7H2,(H2,16,19)(H,18,20). The van der Waals surface area contributed by atoms with Gasteiger partial charge in [0.1, 0.15) is 5.41 Å². The first-order chi connectivity index (χ1) is 10.2. The summed E-state index contributed by atoms with van der Waals surface area (Å²) in [4.78, 5) is 16.6. The van der Waals surface area contributed by atoms with Gasteiger partial charge in [-0.15, -0.1) is 0 Å². The average molecular weight is 284 g/mol. The second kappa shape index (κ2) is 5.05. The highest BCUT2D eigenvalue weighted by Gasteiger charge is 2.48. The van der Waals surface area contributed by atoms with Gasteiger partial charge in [0.05, 0.1) is 5.69 Å². The van der Waals surface area contributed by atoms with Crippen molar-refractivity contribution >= 4 is 28.2 Å². The van der Waals surface area contributed by atoms with Crippen molar-refractivity contribution in [3.63, 3.8) is 0 Å². The number of nitrogens with two attached hydrogens (primary N) is 1. The summed E-state index contributed by atoms with van der Waals surface area (Å²) in [5.74, 6) is -0.259. The summed E-state index contributed by atoms with van der Waals surface area (Å²) in [7, 11) is 0. The van der Waals surface area contributed by atoms with Gasteiger partial charge in [0, 0.05) is 17.8 Å². The number of oxime groups is 1. The van der Waals surface area contributed by atoms with Gasteiger partial charge < -0.3 is 16.3 Å². The van der Waals surface area contributed by atoms with Crippen LogP contribution in [0.4, 0.5) is 5.69 Å². The fraction of sp³-hybridized carbons (Fsp3) is 0.267. The van der Waals surface area contributed by atoms with Crippen molar-refractivity contribution in [1.82, 2.24) is 4.98 Å². The Balaban J connectivity index is 1.94. The molecule has 1 fully saturated rings. The van der Waals surface area contributed by atoms with E-state index in [0.717, 1.165) is 17.2 Å². The zero-order valence-electron chi connectivity index (χ0n) is 11.4. The fourth-order valence-electron chi connectivity index (χ4n) is 2.69. The summed E-state index contributed by atoms with van der Waals surface area (Å²) in [5, 5.41) is 16.7. The number of nitrogens with one attached hydrogen (secondary N) is 1. The molecule has 1 saturated carbocycles. The van der Waals surface area contributed by atoms with Gasteiger partial charge in [-0.3, -0.25) is 9.78 Å². The van der Waals surface area contributed by atoms with Crippen molar-refractivity contribution in [2.45, 2.75) is 19.3 Å². The molecule has 1 aromatic carbocycles. The Labute approximate surface area is 121 Å². The number of carbonyl (C=O) groups excluding carboxylic acids is 1. The Kier molecular flexibility index (Phi) is 3.21. The number of nitrogens with zero attached hydrogens (tertiary/aromatic N) is 2. The lowest BCUT2D eigenvalue weighted by Crippen LogP contribution is -2.51. The fourth-order valence-corrected chi connectivity index (χ4v) is 2.69. The van der Waals surface area contributed by atoms with Crippen molar-refractivity contribution in [3.05, 3.63) is 36.7 Å². The van der Waals surface area contributed by atoms with E-state index in [1.807, 2.05) is 24.3 Å². The lowest BCUT2D eigenvalue weighted by molar-refractivity contribution is -0.125. The minimum absolute atomic E-state index is 0.0235. The van der Waals surface area contributed by atoms with E-state index in [4.69, 9.17) is 10.9 Å². The third-order valence-corrected chi connectivity index (χ3v) is 4.17. The molecule has 1 aromatic heterocycles. The summed E-state index contributed by atoms with van der Waals surface area (Å²) < 4.78 is 0. The number of pyridine rings is 1. The molecular weight excluding hydrogens is 268 g/mol. The molecule has 0 unspecified atom stereocenters. The lowest BCUT2D eigenvalue weighted by Gasteiger charge is -2.38. The molecule has 2 aromatic rings. The molecule has 3 rings (SSSR count). The van der Waals surface area contributed by atoms with Crippen LogP contribution >= 0.6 is 0 Å². The molecule has 1 aliphatic carbocycles. The summed E-state index contributed by atoms with van der Waals surface area (Å²) in [6, 6.07) is 7.53. The molecule has 0 spiro atoms. The van der Waals surface area contributed by atoms with Crippen LogP contribution in [0.2, 0.25) is 0 Å². The number of amides is 1. The van der Waals surface area contributed by atoms with Gasteiger partial charge in [-0.05, 0) is 30.4 Å². The highest BCUT2D eigenvalue weighted by Crippen LogP contribution is 2.42. The number of aromatic nitrogens is 1. The molecule has 1 amide bonds. The Morgan fingerprint density at radius 2 is 2.19 bits per heavy atom. The molecular formula is C15H16N4O2. The normalized spacial score (nSPS) is 17.2. The summed E-state index contributed by atoms with van der Waals surface area (Å²) >= 11 is 0. The quantitative estimate of drug-likeness (QED) is 0.347. The van der Waals surface area contributed by atoms with Crippen molar-refractivity contribution in [2.75, 3.05) is 5.32 Å². The highest BCUT2D eigenvalue weighted by atomic mass is 16.4. The SMILES string of the molecule is N/C(=N/O)C1(C(=O)Nc2cccc3ccncc23)CCC1. The van der Waals surface area contributed by atoms with Gasteiger partial charge in [-0.1, -0.05) is 23.7 Å². The number of carbonyl (C=O) groups is 1. The average Bonchev–Trinajstić information content (AvgIpc) is 2.46. The highest BCUT2D eigenvalue weighted by molar-refractivity contribution is 6.14. The number of hydrogen-bond acceptors (Lipinski definition) is 4. The van der Waals surface area contributed by atoms with Crippen molar-refractivity contribution in [3.8, 4) is 0 Å². The van der Waals surface area contributed by atoms with Crippen LogP contribution in [0.3, 0.4) is 0 Å². The number of rotatable bonds is 3. The molecule has 21 heavy (non-hydrogen) atoms. The van der Waals surface area contributed by atoms with Crippen LogP contribution in [0.15, 0.2) is 41.8 Å². The van der Waals surface area contributed by atoms with E-state index >= 15 is 0 Å². The molecule has 0 atom stereocenters. The summed E-state index contributed by atoms with van der Waals surface area (Å²) in [6.07, 6.45) is 5.50. The van der Waals surface area contributed by atoms with Gasteiger partial charge in [0.15, 0.2) is 5.84 Å². The van der Waals surface area contributed by atoms with Gasteiger partial charge in [0.2, 0.25) is 5.91 Å². The first kappa shape index (κ1) is 13.4. The van der Waals surface area contributed by atoms with Crippen LogP contribution < -0.4 is 11.1 Å². The zero-order valence-corrected chi connectivity index (χ0v) is 11.4. The van der Waals surface area contributed by atoms with Crippen molar-refractivity contribution < 1.29 is 10.0 Å².